The Morgan fingerprint density at radius 1 is 0.960 bits per heavy atom. The van der Waals surface area contributed by atoms with Crippen LogP contribution in [0.25, 0.3) is 0 Å². The van der Waals surface area contributed by atoms with Crippen molar-refractivity contribution in [2.24, 2.45) is 0 Å². The van der Waals surface area contributed by atoms with Crippen molar-refractivity contribution >= 4 is 10.1 Å². The Labute approximate surface area is 175 Å². The van der Waals surface area contributed by atoms with Crippen molar-refractivity contribution < 1.29 is 47.3 Å². The van der Waals surface area contributed by atoms with Crippen LogP contribution < -0.4 is 34.3 Å². The predicted molar refractivity (Wildman–Crippen MR) is 97.6 cm³/mol. The molecule has 0 radical (unpaired) electrons. The van der Waals surface area contributed by atoms with Gasteiger partial charge >= 0.3 is 29.6 Å². The van der Waals surface area contributed by atoms with Crippen LogP contribution in [-0.2, 0) is 23.0 Å². The summed E-state index contributed by atoms with van der Waals surface area (Å²) >= 11 is 0. The van der Waals surface area contributed by atoms with Gasteiger partial charge in [-0.1, -0.05) is 45.6 Å². The molecule has 0 bridgehead atoms. The molecule has 4 nitrogen and oxygen atoms in total. The summed E-state index contributed by atoms with van der Waals surface area (Å²) < 4.78 is 38.6. The predicted octanol–water partition coefficient (Wildman–Crippen LogP) is 1.47. The van der Waals surface area contributed by atoms with E-state index in [0.717, 1.165) is 25.7 Å². The first-order valence-corrected chi connectivity index (χ1v) is 10.5. The van der Waals surface area contributed by atoms with Gasteiger partial charge in [-0.25, -0.2) is 8.42 Å². The molecule has 0 N–H and O–H groups in total. The third kappa shape index (κ3) is 10.6. The Hall–Kier alpha value is -0.0700. The van der Waals surface area contributed by atoms with Gasteiger partial charge in [0.15, 0.2) is 0 Å². The zero-order valence-electron chi connectivity index (χ0n) is 16.2. The second kappa shape index (κ2) is 13.2. The summed E-state index contributed by atoms with van der Waals surface area (Å²) in [6.07, 6.45) is 9.03. The minimum Gasteiger partial charge on any atom is -0.748 e. The monoisotopic (exact) mass is 378 g/mol. The van der Waals surface area contributed by atoms with Gasteiger partial charge in [0.2, 0.25) is 0 Å². The van der Waals surface area contributed by atoms with E-state index in [9.17, 15) is 13.0 Å². The number of aryl methyl sites for hydroxylation is 2. The number of rotatable bonds is 12. The first kappa shape index (κ1) is 24.9. The fraction of sp³-hybridized carbons (Fsp3) is 0.684. The van der Waals surface area contributed by atoms with Gasteiger partial charge in [-0.05, 0) is 55.9 Å². The van der Waals surface area contributed by atoms with Crippen LogP contribution in [-0.4, -0.2) is 24.8 Å². The molecule has 0 aliphatic rings. The first-order valence-electron chi connectivity index (χ1n) is 9.07. The van der Waals surface area contributed by atoms with Crippen molar-refractivity contribution in [1.82, 2.24) is 0 Å². The maximum atomic E-state index is 11.0. The van der Waals surface area contributed by atoms with Crippen LogP contribution in [0.2, 0.25) is 0 Å². The Morgan fingerprint density at radius 2 is 1.44 bits per heavy atom. The second-order valence-corrected chi connectivity index (χ2v) is 8.30. The molecule has 0 aliphatic heterocycles. The average Bonchev–Trinajstić information content (AvgIpc) is 2.52. The molecule has 25 heavy (non-hydrogen) atoms. The Balaban J connectivity index is 0.00000576. The molecule has 1 atom stereocenters. The van der Waals surface area contributed by atoms with E-state index in [1.807, 2.05) is 12.1 Å². The molecule has 0 heterocycles. The van der Waals surface area contributed by atoms with E-state index in [4.69, 9.17) is 4.74 Å². The van der Waals surface area contributed by atoms with E-state index in [2.05, 4.69) is 19.9 Å². The number of benzene rings is 1. The minimum absolute atomic E-state index is 0. The molecule has 0 aliphatic carbocycles. The quantitative estimate of drug-likeness (QED) is 0.314. The first-order chi connectivity index (χ1) is 11.4. The summed E-state index contributed by atoms with van der Waals surface area (Å²) in [4.78, 5) is 0. The second-order valence-electron chi connectivity index (χ2n) is 6.51. The minimum atomic E-state index is -4.30. The van der Waals surface area contributed by atoms with Crippen molar-refractivity contribution in [3.63, 3.8) is 0 Å². The Kier molecular flexibility index (Phi) is 13.1. The smallest absolute Gasteiger partial charge is 0.748 e. The summed E-state index contributed by atoms with van der Waals surface area (Å²) in [5.74, 6) is 0.672. The van der Waals surface area contributed by atoms with Gasteiger partial charge in [-0.2, -0.15) is 0 Å². The summed E-state index contributed by atoms with van der Waals surface area (Å²) in [5.41, 5.74) is 2.45. The third-order valence-electron chi connectivity index (χ3n) is 4.14. The van der Waals surface area contributed by atoms with Gasteiger partial charge in [0.25, 0.3) is 0 Å². The van der Waals surface area contributed by atoms with Crippen molar-refractivity contribution in [2.45, 2.75) is 77.4 Å². The van der Waals surface area contributed by atoms with Crippen molar-refractivity contribution in [2.75, 3.05) is 6.61 Å². The fourth-order valence-corrected chi connectivity index (χ4v) is 2.79. The third-order valence-corrected chi connectivity index (χ3v) is 5.26. The van der Waals surface area contributed by atoms with Gasteiger partial charge < -0.3 is 9.29 Å². The van der Waals surface area contributed by atoms with Crippen LogP contribution in [0.4, 0.5) is 0 Å². The average molecular weight is 379 g/mol. The van der Waals surface area contributed by atoms with E-state index in [1.54, 1.807) is 0 Å². The summed E-state index contributed by atoms with van der Waals surface area (Å²) in [7, 11) is -4.30. The van der Waals surface area contributed by atoms with Crippen molar-refractivity contribution in [1.29, 1.82) is 0 Å². The topological polar surface area (TPSA) is 66.4 Å². The maximum absolute atomic E-state index is 11.0. The summed E-state index contributed by atoms with van der Waals surface area (Å²) in [6.45, 7) is 5.65. The molecule has 1 unspecified atom stereocenters. The van der Waals surface area contributed by atoms with Gasteiger partial charge in [0.1, 0.15) is 22.5 Å². The van der Waals surface area contributed by atoms with E-state index < -0.39 is 15.4 Å². The van der Waals surface area contributed by atoms with Crippen molar-refractivity contribution in [3.8, 4) is 5.75 Å². The van der Waals surface area contributed by atoms with Crippen molar-refractivity contribution in [3.05, 3.63) is 29.3 Å². The molecule has 1 rings (SSSR count). The molecule has 1 aromatic rings. The normalized spacial score (nSPS) is 12.5. The van der Waals surface area contributed by atoms with Gasteiger partial charge in [0.05, 0.1) is 5.25 Å². The molecule has 1 aromatic carbocycles. The summed E-state index contributed by atoms with van der Waals surface area (Å²) in [6, 6.07) is 6.18. The zero-order valence-corrected chi connectivity index (χ0v) is 19.0. The number of ether oxygens (including phenoxy) is 1. The molecule has 0 amide bonds. The fourth-order valence-electron chi connectivity index (χ4n) is 2.56. The SMILES string of the molecule is CCCCCc1cc(CCCCC)cc(OCC(C)S(=O)(=O)[O-])c1.[Na+]. The van der Waals surface area contributed by atoms with Gasteiger partial charge in [-0.3, -0.25) is 0 Å². The Morgan fingerprint density at radius 3 is 1.84 bits per heavy atom. The van der Waals surface area contributed by atoms with E-state index in [0.29, 0.717) is 5.75 Å². The molecule has 0 fully saturated rings. The summed E-state index contributed by atoms with van der Waals surface area (Å²) in [5, 5.41) is -1.04. The number of hydrogen-bond donors (Lipinski definition) is 0. The number of unbranched alkanes of at least 4 members (excludes halogenated alkanes) is 4. The molecular weight excluding hydrogens is 347 g/mol. The molecule has 6 heteroatoms. The molecule has 0 saturated heterocycles. The van der Waals surface area contributed by atoms with E-state index in [1.165, 1.54) is 43.7 Å². The van der Waals surface area contributed by atoms with Crippen LogP contribution in [0.1, 0.15) is 70.4 Å². The van der Waals surface area contributed by atoms with Crippen LogP contribution in [0, 0.1) is 0 Å². The molecule has 0 aromatic heterocycles. The molecule has 0 spiro atoms. The molecule has 138 valence electrons. The Bertz CT molecular complexity index is 559. The largest absolute Gasteiger partial charge is 1.00 e. The zero-order chi connectivity index (χ0) is 18.0. The molecular formula is C19H31NaO4S. The van der Waals surface area contributed by atoms with Crippen LogP contribution in [0.5, 0.6) is 5.75 Å². The van der Waals surface area contributed by atoms with Crippen LogP contribution in [0.15, 0.2) is 18.2 Å². The maximum Gasteiger partial charge on any atom is 1.00 e. The molecule has 0 saturated carbocycles. The van der Waals surface area contributed by atoms with Crippen LogP contribution in [0.3, 0.4) is 0 Å². The van der Waals surface area contributed by atoms with E-state index in [-0.39, 0.29) is 36.2 Å². The van der Waals surface area contributed by atoms with Crippen LogP contribution >= 0.6 is 0 Å². The standard InChI is InChI=1S/C19H32O4S.Na/c1-4-6-8-10-17-12-18(11-9-7-5-2)14-19(13-17)23-15-16(3)24(20,21)22;/h12-14,16H,4-11,15H2,1-3H3,(H,20,21,22);/q;+1/p-1. The van der Waals surface area contributed by atoms with Gasteiger partial charge in [0, 0.05) is 0 Å². The van der Waals surface area contributed by atoms with E-state index >= 15 is 0 Å². The number of hydrogen-bond acceptors (Lipinski definition) is 4. The van der Waals surface area contributed by atoms with Gasteiger partial charge in [-0.15, -0.1) is 0 Å².